The molecule has 0 radical (unpaired) electrons. The van der Waals surface area contributed by atoms with Crippen LogP contribution in [0.15, 0.2) is 71.2 Å². The monoisotopic (exact) mass is 479 g/mol. The fourth-order valence-electron chi connectivity index (χ4n) is 2.83. The molecule has 0 atom stereocenters. The Morgan fingerprint density at radius 1 is 1.06 bits per heavy atom. The van der Waals surface area contributed by atoms with Crippen LogP contribution in [0, 0.1) is 0 Å². The summed E-state index contributed by atoms with van der Waals surface area (Å²) in [5.74, 6) is 0.303. The maximum Gasteiger partial charge on any atom is 0.416 e. The number of hydrogen-bond acceptors (Lipinski definition) is 5. The van der Waals surface area contributed by atoms with Crippen LogP contribution in [0.2, 0.25) is 5.02 Å². The van der Waals surface area contributed by atoms with Crippen LogP contribution in [0.1, 0.15) is 15.9 Å². The van der Waals surface area contributed by atoms with E-state index in [-0.39, 0.29) is 17.2 Å². The van der Waals surface area contributed by atoms with E-state index in [1.165, 1.54) is 17.4 Å². The molecule has 10 heteroatoms. The second-order valence-corrected chi connectivity index (χ2v) is 8.71. The summed E-state index contributed by atoms with van der Waals surface area (Å²) in [5.41, 5.74) is -0.0193. The predicted octanol–water partition coefficient (Wildman–Crippen LogP) is 6.64. The third-order valence-corrected chi connectivity index (χ3v) is 6.35. The zero-order valence-corrected chi connectivity index (χ0v) is 18.0. The van der Waals surface area contributed by atoms with Crippen molar-refractivity contribution in [3.8, 4) is 16.4 Å². The SMILES string of the molecule is O=C(CSc1nnc(-c2cccs2)n1-c1cccc(C(F)(F)F)c1)c1ccc(Cl)cc1. The molecule has 2 aromatic carbocycles. The number of carbonyl (C=O) groups excluding carboxylic acids is 1. The van der Waals surface area contributed by atoms with Gasteiger partial charge in [-0.05, 0) is 53.9 Å². The summed E-state index contributed by atoms with van der Waals surface area (Å²) in [6.07, 6.45) is -4.48. The Morgan fingerprint density at radius 2 is 1.84 bits per heavy atom. The molecule has 0 unspecified atom stereocenters. The van der Waals surface area contributed by atoms with Gasteiger partial charge in [0.15, 0.2) is 16.8 Å². The normalized spacial score (nSPS) is 11.6. The van der Waals surface area contributed by atoms with E-state index in [2.05, 4.69) is 10.2 Å². The standard InChI is InChI=1S/C21H13ClF3N3OS2/c22-15-8-6-13(7-9-15)17(29)12-31-20-27-26-19(18-5-2-10-30-18)28(20)16-4-1-3-14(11-16)21(23,24)25/h1-11H,12H2. The van der Waals surface area contributed by atoms with Gasteiger partial charge < -0.3 is 0 Å². The molecular formula is C21H13ClF3N3OS2. The van der Waals surface area contributed by atoms with Crippen molar-refractivity contribution in [2.24, 2.45) is 0 Å². The van der Waals surface area contributed by atoms with Crippen molar-refractivity contribution in [1.29, 1.82) is 0 Å². The Morgan fingerprint density at radius 3 is 2.52 bits per heavy atom. The van der Waals surface area contributed by atoms with Gasteiger partial charge in [0, 0.05) is 10.6 Å². The molecule has 0 aliphatic rings. The third kappa shape index (κ3) is 4.84. The van der Waals surface area contributed by atoms with E-state index in [9.17, 15) is 18.0 Å². The van der Waals surface area contributed by atoms with Gasteiger partial charge in [0.2, 0.25) is 0 Å². The van der Waals surface area contributed by atoms with Gasteiger partial charge >= 0.3 is 6.18 Å². The lowest BCUT2D eigenvalue weighted by Crippen LogP contribution is -2.08. The first-order chi connectivity index (χ1) is 14.8. The maximum absolute atomic E-state index is 13.3. The Kier molecular flexibility index (Phi) is 6.17. The zero-order valence-electron chi connectivity index (χ0n) is 15.6. The average molecular weight is 480 g/mol. The molecule has 0 amide bonds. The van der Waals surface area contributed by atoms with Crippen molar-refractivity contribution in [1.82, 2.24) is 14.8 Å². The number of nitrogens with zero attached hydrogens (tertiary/aromatic N) is 3. The topological polar surface area (TPSA) is 47.8 Å². The molecule has 0 bridgehead atoms. The molecule has 0 spiro atoms. The summed E-state index contributed by atoms with van der Waals surface area (Å²) in [4.78, 5) is 13.3. The average Bonchev–Trinajstić information content (AvgIpc) is 3.41. The van der Waals surface area contributed by atoms with E-state index < -0.39 is 11.7 Å². The number of halogens is 4. The number of carbonyl (C=O) groups is 1. The van der Waals surface area contributed by atoms with Crippen molar-refractivity contribution >= 4 is 40.5 Å². The highest BCUT2D eigenvalue weighted by molar-refractivity contribution is 7.99. The molecule has 158 valence electrons. The van der Waals surface area contributed by atoms with Crippen LogP contribution in [-0.2, 0) is 6.18 Å². The van der Waals surface area contributed by atoms with Crippen LogP contribution in [-0.4, -0.2) is 26.3 Å². The van der Waals surface area contributed by atoms with Gasteiger partial charge in [0.1, 0.15) is 0 Å². The second kappa shape index (κ2) is 8.86. The highest BCUT2D eigenvalue weighted by Crippen LogP contribution is 2.34. The first-order valence-electron chi connectivity index (χ1n) is 8.91. The van der Waals surface area contributed by atoms with Crippen molar-refractivity contribution in [2.45, 2.75) is 11.3 Å². The number of thiophene rings is 1. The number of rotatable bonds is 6. The van der Waals surface area contributed by atoms with Crippen LogP contribution in [0.5, 0.6) is 0 Å². The van der Waals surface area contributed by atoms with Gasteiger partial charge in [0.05, 0.1) is 21.9 Å². The fraction of sp³-hybridized carbons (Fsp3) is 0.0952. The summed E-state index contributed by atoms with van der Waals surface area (Å²) in [6.45, 7) is 0. The fourth-order valence-corrected chi connectivity index (χ4v) is 4.50. The number of benzene rings is 2. The Balaban J connectivity index is 1.69. The molecule has 0 aliphatic heterocycles. The Labute approximate surface area is 188 Å². The molecule has 0 aliphatic carbocycles. The third-order valence-electron chi connectivity index (χ3n) is 4.31. The summed E-state index contributed by atoms with van der Waals surface area (Å²) in [6, 6.07) is 15.1. The zero-order chi connectivity index (χ0) is 22.0. The number of hydrogen-bond donors (Lipinski definition) is 0. The summed E-state index contributed by atoms with van der Waals surface area (Å²) in [7, 11) is 0. The van der Waals surface area contributed by atoms with Crippen molar-refractivity contribution in [2.75, 3.05) is 5.75 Å². The van der Waals surface area contributed by atoms with E-state index in [0.29, 0.717) is 21.6 Å². The molecule has 4 rings (SSSR count). The number of aromatic nitrogens is 3. The molecule has 4 aromatic rings. The summed E-state index contributed by atoms with van der Waals surface area (Å²) < 4.78 is 41.3. The molecule has 4 nitrogen and oxygen atoms in total. The van der Waals surface area contributed by atoms with E-state index in [4.69, 9.17) is 11.6 Å². The predicted molar refractivity (Wildman–Crippen MR) is 116 cm³/mol. The summed E-state index contributed by atoms with van der Waals surface area (Å²) in [5, 5.41) is 11.0. The minimum absolute atomic E-state index is 0.0448. The first kappa shape index (κ1) is 21.6. The molecule has 0 saturated heterocycles. The number of thioether (sulfide) groups is 1. The molecule has 0 N–H and O–H groups in total. The van der Waals surface area contributed by atoms with Crippen LogP contribution < -0.4 is 0 Å². The van der Waals surface area contributed by atoms with E-state index in [0.717, 1.165) is 28.8 Å². The quantitative estimate of drug-likeness (QED) is 0.229. The van der Waals surface area contributed by atoms with Crippen molar-refractivity contribution in [3.63, 3.8) is 0 Å². The van der Waals surface area contributed by atoms with E-state index in [1.54, 1.807) is 34.9 Å². The minimum Gasteiger partial charge on any atom is -0.293 e. The van der Waals surface area contributed by atoms with Crippen molar-refractivity contribution in [3.05, 3.63) is 82.2 Å². The highest BCUT2D eigenvalue weighted by atomic mass is 35.5. The van der Waals surface area contributed by atoms with Gasteiger partial charge in [-0.15, -0.1) is 21.5 Å². The van der Waals surface area contributed by atoms with Crippen molar-refractivity contribution < 1.29 is 18.0 Å². The van der Waals surface area contributed by atoms with Crippen LogP contribution in [0.25, 0.3) is 16.4 Å². The lowest BCUT2D eigenvalue weighted by Gasteiger charge is -2.12. The smallest absolute Gasteiger partial charge is 0.293 e. The van der Waals surface area contributed by atoms with Crippen LogP contribution in [0.3, 0.4) is 0 Å². The molecule has 31 heavy (non-hydrogen) atoms. The largest absolute Gasteiger partial charge is 0.416 e. The molecule has 2 heterocycles. The number of Topliss-reactive ketones (excluding diaryl/α,β-unsaturated/α-hetero) is 1. The van der Waals surface area contributed by atoms with E-state index >= 15 is 0 Å². The Hall–Kier alpha value is -2.62. The van der Waals surface area contributed by atoms with Crippen LogP contribution >= 0.6 is 34.7 Å². The summed E-state index contributed by atoms with van der Waals surface area (Å²) >= 11 is 8.36. The number of ketones is 1. The lowest BCUT2D eigenvalue weighted by molar-refractivity contribution is -0.137. The van der Waals surface area contributed by atoms with Crippen LogP contribution in [0.4, 0.5) is 13.2 Å². The molecular weight excluding hydrogens is 467 g/mol. The minimum atomic E-state index is -4.48. The maximum atomic E-state index is 13.3. The van der Waals surface area contributed by atoms with Gasteiger partial charge in [-0.1, -0.05) is 35.5 Å². The van der Waals surface area contributed by atoms with E-state index in [1.807, 2.05) is 17.5 Å². The van der Waals surface area contributed by atoms with Gasteiger partial charge in [0.25, 0.3) is 0 Å². The van der Waals surface area contributed by atoms with Gasteiger partial charge in [-0.25, -0.2) is 0 Å². The Bertz CT molecular complexity index is 1210. The molecule has 0 fully saturated rings. The molecule has 0 saturated carbocycles. The van der Waals surface area contributed by atoms with Gasteiger partial charge in [-0.2, -0.15) is 13.2 Å². The highest BCUT2D eigenvalue weighted by Gasteiger charge is 2.31. The first-order valence-corrected chi connectivity index (χ1v) is 11.2. The second-order valence-electron chi connectivity index (χ2n) is 6.39. The lowest BCUT2D eigenvalue weighted by atomic mass is 10.1. The number of alkyl halides is 3. The molecule has 2 aromatic heterocycles. The van der Waals surface area contributed by atoms with Gasteiger partial charge in [-0.3, -0.25) is 9.36 Å².